The predicted molar refractivity (Wildman–Crippen MR) is 298 cm³/mol. The Labute approximate surface area is 443 Å². The van der Waals surface area contributed by atoms with E-state index in [1.165, 1.54) is 17.2 Å². The number of hydrogen-bond donors (Lipinski definition) is 3. The zero-order valence-electron chi connectivity index (χ0n) is 43.4. The summed E-state index contributed by atoms with van der Waals surface area (Å²) in [5.74, 6) is 0.782. The van der Waals surface area contributed by atoms with Crippen LogP contribution in [0.4, 0.5) is 4.39 Å². The van der Waals surface area contributed by atoms with E-state index in [1.807, 2.05) is 122 Å². The normalized spacial score (nSPS) is 18.1. The van der Waals surface area contributed by atoms with Crippen molar-refractivity contribution in [1.29, 1.82) is 0 Å². The molecule has 1 aliphatic heterocycles. The van der Waals surface area contributed by atoms with E-state index in [0.29, 0.717) is 36.9 Å². The Bertz CT molecular complexity index is 2230. The van der Waals surface area contributed by atoms with E-state index in [2.05, 4.69) is 53.8 Å². The van der Waals surface area contributed by atoms with Crippen molar-refractivity contribution in [2.75, 3.05) is 26.2 Å². The maximum Gasteiger partial charge on any atom is 0.145 e. The average Bonchev–Trinajstić information content (AvgIpc) is 3.84. The van der Waals surface area contributed by atoms with E-state index >= 15 is 0 Å². The fraction of sp³-hybridized carbons (Fsp3) is 0.508. The molecule has 6 rings (SSSR count). The number of halogens is 5. The molecule has 1 saturated heterocycles. The third kappa shape index (κ3) is 15.4. The lowest BCUT2D eigenvalue weighted by atomic mass is 9.64. The Balaban J connectivity index is 0.000000247. The quantitative estimate of drug-likeness (QED) is 0.0963. The Morgan fingerprint density at radius 2 is 1.09 bits per heavy atom. The molecule has 1 aliphatic carbocycles. The highest BCUT2D eigenvalue weighted by Gasteiger charge is 2.43. The van der Waals surface area contributed by atoms with E-state index in [1.54, 1.807) is 6.07 Å². The smallest absolute Gasteiger partial charge is 0.145 e. The number of carbonyl (C=O) groups excluding carboxylic acids is 3. The molecule has 11 heteroatoms. The molecule has 0 radical (unpaired) electrons. The molecule has 384 valence electrons. The van der Waals surface area contributed by atoms with Gasteiger partial charge in [-0.3, -0.25) is 14.4 Å². The van der Waals surface area contributed by atoms with E-state index < -0.39 is 22.1 Å². The van der Waals surface area contributed by atoms with Gasteiger partial charge in [0.1, 0.15) is 23.2 Å². The average molecular weight is 1080 g/mol. The van der Waals surface area contributed by atoms with Crippen LogP contribution in [-0.2, 0) is 36.0 Å². The SMILES string of the molecule is C=C(C(C)C)C1(c2ccc(Cl)cc2)CCNC1.CC(C)C(=O)C(C)(CCN)c1ccc(Br)cc1.CC(C)C(=O)C(C)(CCN)c1ccc(Cl)cc1.CC(C)C(=O)C1(c2ccc(Cl)c(F)c2)CCCCC1. The summed E-state index contributed by atoms with van der Waals surface area (Å²) in [5, 5.41) is 5.06. The van der Waals surface area contributed by atoms with Crippen LogP contribution in [0, 0.1) is 29.5 Å². The fourth-order valence-electron chi connectivity index (χ4n) is 10.2. The van der Waals surface area contributed by atoms with E-state index in [-0.39, 0.29) is 45.5 Å². The number of nitrogens with two attached hydrogens (primary N) is 2. The monoisotopic (exact) mass is 1080 g/mol. The molecule has 3 unspecified atom stereocenters. The Morgan fingerprint density at radius 1 is 0.643 bits per heavy atom. The number of ketones is 3. The summed E-state index contributed by atoms with van der Waals surface area (Å²) in [6.45, 7) is 27.4. The van der Waals surface area contributed by atoms with Crippen LogP contribution in [0.3, 0.4) is 0 Å². The lowest BCUT2D eigenvalue weighted by Gasteiger charge is -2.37. The van der Waals surface area contributed by atoms with Crippen LogP contribution in [0.5, 0.6) is 0 Å². The molecule has 70 heavy (non-hydrogen) atoms. The van der Waals surface area contributed by atoms with Crippen molar-refractivity contribution < 1.29 is 18.8 Å². The van der Waals surface area contributed by atoms with Gasteiger partial charge in [-0.05, 0) is 142 Å². The number of benzene rings is 4. The zero-order chi connectivity index (χ0) is 52.6. The molecule has 0 amide bonds. The van der Waals surface area contributed by atoms with Crippen LogP contribution < -0.4 is 16.8 Å². The van der Waals surface area contributed by atoms with E-state index in [4.69, 9.17) is 46.3 Å². The van der Waals surface area contributed by atoms with Gasteiger partial charge in [0.2, 0.25) is 0 Å². The van der Waals surface area contributed by atoms with Crippen LogP contribution in [0.25, 0.3) is 0 Å². The van der Waals surface area contributed by atoms with Gasteiger partial charge in [-0.15, -0.1) is 0 Å². The highest BCUT2D eigenvalue weighted by atomic mass is 79.9. The highest BCUT2D eigenvalue weighted by Crippen LogP contribution is 2.43. The minimum Gasteiger partial charge on any atom is -0.330 e. The summed E-state index contributed by atoms with van der Waals surface area (Å²) in [5.41, 5.74) is 15.4. The first-order valence-electron chi connectivity index (χ1n) is 25.0. The summed E-state index contributed by atoms with van der Waals surface area (Å²) < 4.78 is 14.7. The van der Waals surface area contributed by atoms with Crippen LogP contribution >= 0.6 is 50.7 Å². The van der Waals surface area contributed by atoms with E-state index in [9.17, 15) is 18.8 Å². The zero-order valence-corrected chi connectivity index (χ0v) is 47.3. The fourth-order valence-corrected chi connectivity index (χ4v) is 10.8. The number of nitrogens with one attached hydrogen (secondary N) is 1. The lowest BCUT2D eigenvalue weighted by molar-refractivity contribution is -0.129. The van der Waals surface area contributed by atoms with Gasteiger partial charge in [0.05, 0.1) is 21.3 Å². The maximum absolute atomic E-state index is 13.7. The van der Waals surface area contributed by atoms with Crippen molar-refractivity contribution in [3.8, 4) is 0 Å². The summed E-state index contributed by atoms with van der Waals surface area (Å²) in [6, 6.07) is 28.5. The Morgan fingerprint density at radius 3 is 1.47 bits per heavy atom. The van der Waals surface area contributed by atoms with Crippen molar-refractivity contribution in [2.24, 2.45) is 35.1 Å². The van der Waals surface area contributed by atoms with Crippen LogP contribution in [0.2, 0.25) is 15.1 Å². The van der Waals surface area contributed by atoms with Gasteiger partial charge in [0.15, 0.2) is 0 Å². The molecule has 0 aromatic heterocycles. The van der Waals surface area contributed by atoms with Crippen molar-refractivity contribution >= 4 is 68.1 Å². The molecular weight excluding hydrogens is 1000 g/mol. The minimum atomic E-state index is -0.506. The van der Waals surface area contributed by atoms with Gasteiger partial charge in [-0.2, -0.15) is 0 Å². The highest BCUT2D eigenvalue weighted by molar-refractivity contribution is 9.10. The van der Waals surface area contributed by atoms with Crippen molar-refractivity contribution in [3.05, 3.63) is 151 Å². The maximum atomic E-state index is 13.7. The summed E-state index contributed by atoms with van der Waals surface area (Å²) in [4.78, 5) is 37.4. The van der Waals surface area contributed by atoms with Gasteiger partial charge in [0.25, 0.3) is 0 Å². The standard InChI is InChI=1S/C16H20ClFO.C15H20ClN.C14H20BrNO.C14H20ClNO/c1-11(2)15(19)16(8-4-3-5-9-16)12-6-7-13(17)14(18)10-12;1-11(2)12(3)15(8-9-17-10-15)13-4-6-14(16)7-5-13;2*1-10(2)13(17)14(3,8-9-16)11-4-6-12(15)7-5-11/h6-7,10-11H,3-5,8-9H2,1-2H3;4-7,11,17H,3,8-10H2,1-2H3;2*4-7,10H,8-9,16H2,1-3H3. The first-order chi connectivity index (χ1) is 32.9. The van der Waals surface area contributed by atoms with Gasteiger partial charge in [-0.1, -0.05) is 180 Å². The number of Topliss-reactive ketones (excluding diaryl/α,β-unsaturated/α-hetero) is 3. The largest absolute Gasteiger partial charge is 0.330 e. The van der Waals surface area contributed by atoms with Gasteiger partial charge in [-0.25, -0.2) is 4.39 Å². The molecule has 2 aliphatic rings. The molecule has 1 saturated carbocycles. The second-order valence-electron chi connectivity index (χ2n) is 20.8. The molecular formula is C59H80BrCl3FN3O3. The van der Waals surface area contributed by atoms with Crippen molar-refractivity contribution in [1.82, 2.24) is 5.32 Å². The van der Waals surface area contributed by atoms with Crippen LogP contribution in [-0.4, -0.2) is 43.5 Å². The first kappa shape index (κ1) is 61.1. The van der Waals surface area contributed by atoms with Crippen LogP contribution in [0.15, 0.2) is 108 Å². The molecule has 0 bridgehead atoms. The predicted octanol–water partition coefficient (Wildman–Crippen LogP) is 15.1. The Kier molecular flexibility index (Phi) is 24.2. The second-order valence-corrected chi connectivity index (χ2v) is 23.0. The molecule has 5 N–H and O–H groups in total. The summed E-state index contributed by atoms with van der Waals surface area (Å²) in [7, 11) is 0. The topological polar surface area (TPSA) is 115 Å². The molecule has 0 spiro atoms. The summed E-state index contributed by atoms with van der Waals surface area (Å²) >= 11 is 21.0. The van der Waals surface area contributed by atoms with Crippen molar-refractivity contribution in [3.63, 3.8) is 0 Å². The number of rotatable bonds is 16. The number of hydrogen-bond acceptors (Lipinski definition) is 6. The second kappa shape index (κ2) is 27.7. The number of carbonyl (C=O) groups is 3. The Hall–Kier alpha value is -3.21. The van der Waals surface area contributed by atoms with Gasteiger partial charge in [0, 0.05) is 44.2 Å². The van der Waals surface area contributed by atoms with E-state index in [0.717, 1.165) is 77.8 Å². The van der Waals surface area contributed by atoms with Crippen LogP contribution in [0.1, 0.15) is 143 Å². The lowest BCUT2D eigenvalue weighted by Crippen LogP contribution is -2.40. The van der Waals surface area contributed by atoms with Gasteiger partial charge < -0.3 is 16.8 Å². The first-order valence-corrected chi connectivity index (χ1v) is 27.0. The third-order valence-electron chi connectivity index (χ3n) is 14.4. The molecule has 4 aromatic rings. The molecule has 4 aromatic carbocycles. The minimum absolute atomic E-state index is 0.00206. The van der Waals surface area contributed by atoms with Crippen molar-refractivity contribution in [2.45, 2.75) is 142 Å². The van der Waals surface area contributed by atoms with Gasteiger partial charge >= 0.3 is 0 Å². The molecule has 2 fully saturated rings. The molecule has 6 nitrogen and oxygen atoms in total. The molecule has 3 atom stereocenters. The molecule has 1 heterocycles. The third-order valence-corrected chi connectivity index (χ3v) is 15.8. The summed E-state index contributed by atoms with van der Waals surface area (Å²) in [6.07, 6.45) is 7.34.